The number of pyridine rings is 1. The van der Waals surface area contributed by atoms with Crippen LogP contribution in [0.2, 0.25) is 0 Å². The van der Waals surface area contributed by atoms with Gasteiger partial charge in [0.15, 0.2) is 0 Å². The minimum Gasteiger partial charge on any atom is -0.493 e. The predicted molar refractivity (Wildman–Crippen MR) is 121 cm³/mol. The summed E-state index contributed by atoms with van der Waals surface area (Å²) in [5.74, 6) is 0.0964. The van der Waals surface area contributed by atoms with Crippen LogP contribution in [0.3, 0.4) is 0 Å². The highest BCUT2D eigenvalue weighted by atomic mass is 32.2. The number of hydrogen-bond donors (Lipinski definition) is 3. The molecule has 0 saturated heterocycles. The molecule has 0 aliphatic heterocycles. The molecule has 0 spiro atoms. The number of aliphatic carboxylic acids is 1. The molecule has 1 aromatic heterocycles. The molecule has 8 nitrogen and oxygen atoms in total. The molecule has 0 aliphatic carbocycles. The van der Waals surface area contributed by atoms with E-state index < -0.39 is 22.0 Å². The number of sulfonamides is 1. The Morgan fingerprint density at radius 2 is 1.81 bits per heavy atom. The normalized spacial score (nSPS) is 12.1. The van der Waals surface area contributed by atoms with Gasteiger partial charge < -0.3 is 15.2 Å². The molecule has 0 fully saturated rings. The molecular formula is C23H25N3O5S. The van der Waals surface area contributed by atoms with Crippen LogP contribution < -0.4 is 14.8 Å². The Bertz CT molecular complexity index is 1110. The lowest BCUT2D eigenvalue weighted by Crippen LogP contribution is -2.30. The predicted octanol–water partition coefficient (Wildman–Crippen LogP) is 3.46. The zero-order valence-corrected chi connectivity index (χ0v) is 18.2. The summed E-state index contributed by atoms with van der Waals surface area (Å²) in [5, 5.41) is 12.4. The van der Waals surface area contributed by atoms with Crippen molar-refractivity contribution in [3.8, 4) is 5.75 Å². The Labute approximate surface area is 187 Å². The van der Waals surface area contributed by atoms with Crippen LogP contribution in [-0.2, 0) is 14.8 Å². The van der Waals surface area contributed by atoms with Crippen molar-refractivity contribution in [2.45, 2.75) is 23.8 Å². The van der Waals surface area contributed by atoms with Gasteiger partial charge in [0.25, 0.3) is 0 Å². The molecule has 0 bridgehead atoms. The van der Waals surface area contributed by atoms with E-state index in [1.54, 1.807) is 48.7 Å². The van der Waals surface area contributed by atoms with Crippen molar-refractivity contribution < 1.29 is 23.1 Å². The lowest BCUT2D eigenvalue weighted by Gasteiger charge is -2.18. The highest BCUT2D eigenvalue weighted by Gasteiger charge is 2.24. The van der Waals surface area contributed by atoms with Crippen molar-refractivity contribution in [1.82, 2.24) is 9.71 Å². The van der Waals surface area contributed by atoms with Crippen molar-refractivity contribution in [2.24, 2.45) is 0 Å². The summed E-state index contributed by atoms with van der Waals surface area (Å²) in [4.78, 5) is 15.4. The van der Waals surface area contributed by atoms with Gasteiger partial charge in [0.2, 0.25) is 10.0 Å². The standard InChI is InChI=1S/C23H25N3O5S/c27-23(28)17-21(18-8-2-1-3-9-18)26-32(29,30)20-11-6-10-19(16-20)31-15-7-14-25-22-12-4-5-13-24-22/h1-6,8-13,16,21,26H,7,14-15,17H2,(H,24,25)(H,27,28). The first-order valence-corrected chi connectivity index (χ1v) is 11.6. The third-order valence-corrected chi connectivity index (χ3v) is 6.02. The molecular weight excluding hydrogens is 430 g/mol. The third-order valence-electron chi connectivity index (χ3n) is 4.55. The van der Waals surface area contributed by atoms with Gasteiger partial charge >= 0.3 is 5.97 Å². The molecule has 0 amide bonds. The minimum absolute atomic E-state index is 0.00734. The largest absolute Gasteiger partial charge is 0.493 e. The fourth-order valence-corrected chi connectivity index (χ4v) is 4.28. The molecule has 2 aromatic carbocycles. The Morgan fingerprint density at radius 3 is 2.53 bits per heavy atom. The summed E-state index contributed by atoms with van der Waals surface area (Å²) in [6.45, 7) is 1.05. The van der Waals surface area contributed by atoms with Crippen LogP contribution in [0.25, 0.3) is 0 Å². The summed E-state index contributed by atoms with van der Waals surface area (Å²) in [5.41, 5.74) is 0.575. The molecule has 1 heterocycles. The van der Waals surface area contributed by atoms with Crippen LogP contribution in [0.4, 0.5) is 5.82 Å². The van der Waals surface area contributed by atoms with E-state index in [0.29, 0.717) is 30.9 Å². The van der Waals surface area contributed by atoms with Crippen LogP contribution >= 0.6 is 0 Å². The van der Waals surface area contributed by atoms with Crippen LogP contribution in [-0.4, -0.2) is 37.6 Å². The molecule has 0 aliphatic rings. The van der Waals surface area contributed by atoms with Gasteiger partial charge in [0.05, 0.1) is 24.0 Å². The summed E-state index contributed by atoms with van der Waals surface area (Å²) >= 11 is 0. The van der Waals surface area contributed by atoms with E-state index in [4.69, 9.17) is 4.74 Å². The molecule has 3 rings (SSSR count). The number of carboxylic acid groups (broad SMARTS) is 1. The van der Waals surface area contributed by atoms with Gasteiger partial charge in [-0.15, -0.1) is 0 Å². The Hall–Kier alpha value is -3.43. The second-order valence-corrected chi connectivity index (χ2v) is 8.72. The van der Waals surface area contributed by atoms with E-state index in [9.17, 15) is 18.3 Å². The van der Waals surface area contributed by atoms with E-state index >= 15 is 0 Å². The lowest BCUT2D eigenvalue weighted by molar-refractivity contribution is -0.137. The smallest absolute Gasteiger partial charge is 0.305 e. The van der Waals surface area contributed by atoms with Crippen molar-refractivity contribution >= 4 is 21.8 Å². The molecule has 3 aromatic rings. The molecule has 32 heavy (non-hydrogen) atoms. The summed E-state index contributed by atoms with van der Waals surface area (Å²) in [6.07, 6.45) is 2.03. The number of aromatic nitrogens is 1. The number of nitrogens with zero attached hydrogens (tertiary/aromatic N) is 1. The maximum Gasteiger partial charge on any atom is 0.305 e. The first-order valence-electron chi connectivity index (χ1n) is 10.1. The van der Waals surface area contributed by atoms with Crippen LogP contribution in [0.15, 0.2) is 83.9 Å². The average molecular weight is 456 g/mol. The Morgan fingerprint density at radius 1 is 1.03 bits per heavy atom. The topological polar surface area (TPSA) is 118 Å². The van der Waals surface area contributed by atoms with Gasteiger partial charge in [-0.1, -0.05) is 42.5 Å². The second-order valence-electron chi connectivity index (χ2n) is 7.00. The lowest BCUT2D eigenvalue weighted by atomic mass is 10.1. The monoisotopic (exact) mass is 455 g/mol. The highest BCUT2D eigenvalue weighted by molar-refractivity contribution is 7.89. The number of carbonyl (C=O) groups is 1. The van der Waals surface area contributed by atoms with Gasteiger partial charge in [0, 0.05) is 18.8 Å². The van der Waals surface area contributed by atoms with E-state index in [-0.39, 0.29) is 11.3 Å². The molecule has 3 N–H and O–H groups in total. The molecule has 9 heteroatoms. The maximum atomic E-state index is 12.9. The number of benzene rings is 2. The number of anilines is 1. The van der Waals surface area contributed by atoms with Crippen molar-refractivity contribution in [1.29, 1.82) is 0 Å². The van der Waals surface area contributed by atoms with Crippen LogP contribution in [0.1, 0.15) is 24.4 Å². The van der Waals surface area contributed by atoms with Gasteiger partial charge in [-0.05, 0) is 36.2 Å². The van der Waals surface area contributed by atoms with Gasteiger partial charge in [-0.25, -0.2) is 18.1 Å². The summed E-state index contributed by atoms with van der Waals surface area (Å²) < 4.78 is 34.0. The minimum atomic E-state index is -3.96. The molecule has 168 valence electrons. The zero-order chi connectivity index (χ0) is 22.8. The third kappa shape index (κ3) is 7.07. The first-order chi connectivity index (χ1) is 15.4. The maximum absolute atomic E-state index is 12.9. The van der Waals surface area contributed by atoms with Crippen molar-refractivity contribution in [2.75, 3.05) is 18.5 Å². The SMILES string of the molecule is O=C(O)CC(NS(=O)(=O)c1cccc(OCCCNc2ccccn2)c1)c1ccccc1. The molecule has 0 radical (unpaired) electrons. The van der Waals surface area contributed by atoms with E-state index in [1.165, 1.54) is 12.1 Å². The molecule has 0 saturated carbocycles. The Balaban J connectivity index is 1.60. The van der Waals surface area contributed by atoms with Crippen molar-refractivity contribution in [3.63, 3.8) is 0 Å². The fraction of sp³-hybridized carbons (Fsp3) is 0.217. The highest BCUT2D eigenvalue weighted by Crippen LogP contribution is 2.23. The quantitative estimate of drug-likeness (QED) is 0.358. The van der Waals surface area contributed by atoms with Gasteiger partial charge in [-0.3, -0.25) is 4.79 Å². The fourth-order valence-electron chi connectivity index (χ4n) is 3.02. The van der Waals surface area contributed by atoms with E-state index in [1.807, 2.05) is 18.2 Å². The van der Waals surface area contributed by atoms with E-state index in [0.717, 1.165) is 5.82 Å². The second kappa shape index (κ2) is 11.3. The van der Waals surface area contributed by atoms with Crippen LogP contribution in [0, 0.1) is 0 Å². The van der Waals surface area contributed by atoms with E-state index in [2.05, 4.69) is 15.0 Å². The molecule has 1 unspecified atom stereocenters. The summed E-state index contributed by atoms with van der Waals surface area (Å²) in [6, 6.07) is 19.5. The number of ether oxygens (including phenoxy) is 1. The van der Waals surface area contributed by atoms with Crippen molar-refractivity contribution in [3.05, 3.63) is 84.6 Å². The number of carboxylic acids is 1. The first kappa shape index (κ1) is 23.2. The van der Waals surface area contributed by atoms with Gasteiger partial charge in [-0.2, -0.15) is 0 Å². The van der Waals surface area contributed by atoms with Gasteiger partial charge in [0.1, 0.15) is 11.6 Å². The molecule has 1 atom stereocenters. The average Bonchev–Trinajstić information content (AvgIpc) is 2.79. The number of rotatable bonds is 12. The Kier molecular flexibility index (Phi) is 8.18. The number of nitrogens with one attached hydrogen (secondary N) is 2. The van der Waals surface area contributed by atoms with Crippen LogP contribution in [0.5, 0.6) is 5.75 Å². The number of hydrogen-bond acceptors (Lipinski definition) is 6. The summed E-state index contributed by atoms with van der Waals surface area (Å²) in [7, 11) is -3.96. The zero-order valence-electron chi connectivity index (χ0n) is 17.3.